The molecule has 0 N–H and O–H groups in total. The maximum Gasteiger partial charge on any atom is 0.128 e. The minimum atomic E-state index is -0.00352. The number of halogens is 1. The van der Waals surface area contributed by atoms with Crippen LogP contribution in [0, 0.1) is 0 Å². The average molecular weight is 213 g/mol. The lowest BCUT2D eigenvalue weighted by Crippen LogP contribution is -2.00. The summed E-state index contributed by atoms with van der Waals surface area (Å²) >= 11 is 3.28. The number of carbonyl (C=O) groups excluding carboxylic acids is 1. The zero-order valence-corrected chi connectivity index (χ0v) is 7.62. The molecule has 1 unspecified atom stereocenters. The van der Waals surface area contributed by atoms with Crippen LogP contribution in [0.5, 0.6) is 0 Å². The smallest absolute Gasteiger partial charge is 0.128 e. The summed E-state index contributed by atoms with van der Waals surface area (Å²) in [4.78, 5) is 10.5. The van der Waals surface area contributed by atoms with Crippen molar-refractivity contribution in [2.24, 2.45) is 0 Å². The third-order valence-electron chi connectivity index (χ3n) is 1.56. The standard InChI is InChI=1S/C9H9BrO/c10-6-9(7-11)8-4-2-1-3-5-8/h1-5,7,9H,6H2. The van der Waals surface area contributed by atoms with Gasteiger partial charge in [0.15, 0.2) is 0 Å². The van der Waals surface area contributed by atoms with Crippen molar-refractivity contribution in [2.75, 3.05) is 5.33 Å². The van der Waals surface area contributed by atoms with E-state index < -0.39 is 0 Å². The molecule has 0 aromatic heterocycles. The number of benzene rings is 1. The highest BCUT2D eigenvalue weighted by Crippen LogP contribution is 2.14. The van der Waals surface area contributed by atoms with Crippen molar-refractivity contribution in [2.45, 2.75) is 5.92 Å². The van der Waals surface area contributed by atoms with E-state index in [0.29, 0.717) is 5.33 Å². The molecule has 1 atom stereocenters. The molecule has 1 aromatic carbocycles. The summed E-state index contributed by atoms with van der Waals surface area (Å²) in [6.45, 7) is 0. The molecule has 0 bridgehead atoms. The average Bonchev–Trinajstić information content (AvgIpc) is 2.09. The van der Waals surface area contributed by atoms with Crippen LogP contribution in [0.4, 0.5) is 0 Å². The van der Waals surface area contributed by atoms with E-state index in [-0.39, 0.29) is 5.92 Å². The molecule has 1 rings (SSSR count). The van der Waals surface area contributed by atoms with Crippen LogP contribution in [-0.4, -0.2) is 11.6 Å². The molecule has 0 fully saturated rings. The summed E-state index contributed by atoms with van der Waals surface area (Å²) in [7, 11) is 0. The molecule has 0 aliphatic heterocycles. The van der Waals surface area contributed by atoms with Crippen LogP contribution in [0.25, 0.3) is 0 Å². The molecule has 11 heavy (non-hydrogen) atoms. The van der Waals surface area contributed by atoms with E-state index in [1.807, 2.05) is 30.3 Å². The highest BCUT2D eigenvalue weighted by molar-refractivity contribution is 9.09. The molecule has 0 saturated carbocycles. The van der Waals surface area contributed by atoms with Crippen molar-refractivity contribution in [3.63, 3.8) is 0 Å². The lowest BCUT2D eigenvalue weighted by Gasteiger charge is -2.04. The Balaban J connectivity index is 2.82. The second-order valence-corrected chi connectivity index (χ2v) is 2.96. The van der Waals surface area contributed by atoms with Gasteiger partial charge in [-0.05, 0) is 5.56 Å². The van der Waals surface area contributed by atoms with Crippen molar-refractivity contribution < 1.29 is 4.79 Å². The Morgan fingerprint density at radius 2 is 2.00 bits per heavy atom. The second-order valence-electron chi connectivity index (χ2n) is 2.31. The van der Waals surface area contributed by atoms with Gasteiger partial charge in [-0.3, -0.25) is 0 Å². The molecule has 1 aromatic rings. The van der Waals surface area contributed by atoms with Crippen LogP contribution in [-0.2, 0) is 4.79 Å². The Labute approximate surface area is 74.6 Å². The first-order chi connectivity index (χ1) is 5.38. The minimum absolute atomic E-state index is 0.00352. The van der Waals surface area contributed by atoms with Gasteiger partial charge in [0.25, 0.3) is 0 Å². The van der Waals surface area contributed by atoms with Gasteiger partial charge in [0.1, 0.15) is 6.29 Å². The predicted octanol–water partition coefficient (Wildman–Crippen LogP) is 2.36. The summed E-state index contributed by atoms with van der Waals surface area (Å²) < 4.78 is 0. The van der Waals surface area contributed by atoms with E-state index in [2.05, 4.69) is 15.9 Å². The lowest BCUT2D eigenvalue weighted by molar-refractivity contribution is -0.108. The zero-order valence-electron chi connectivity index (χ0n) is 6.03. The second kappa shape index (κ2) is 4.29. The van der Waals surface area contributed by atoms with E-state index >= 15 is 0 Å². The number of carbonyl (C=O) groups is 1. The highest BCUT2D eigenvalue weighted by atomic mass is 79.9. The summed E-state index contributed by atoms with van der Waals surface area (Å²) in [5.74, 6) is -0.00352. The van der Waals surface area contributed by atoms with Crippen LogP contribution in [0.1, 0.15) is 11.5 Å². The number of hydrogen-bond acceptors (Lipinski definition) is 1. The molecule has 0 amide bonds. The fourth-order valence-electron chi connectivity index (χ4n) is 0.904. The Morgan fingerprint density at radius 3 is 2.45 bits per heavy atom. The van der Waals surface area contributed by atoms with Crippen LogP contribution in [0.15, 0.2) is 30.3 Å². The summed E-state index contributed by atoms with van der Waals surface area (Å²) in [5.41, 5.74) is 1.07. The van der Waals surface area contributed by atoms with Crippen molar-refractivity contribution in [3.05, 3.63) is 35.9 Å². The quantitative estimate of drug-likeness (QED) is 0.556. The Bertz CT molecular complexity index is 220. The van der Waals surface area contributed by atoms with Gasteiger partial charge < -0.3 is 4.79 Å². The van der Waals surface area contributed by atoms with Gasteiger partial charge in [-0.1, -0.05) is 46.3 Å². The molecule has 0 saturated heterocycles. The van der Waals surface area contributed by atoms with Gasteiger partial charge in [0.05, 0.1) is 0 Å². The lowest BCUT2D eigenvalue weighted by atomic mass is 10.0. The third-order valence-corrected chi connectivity index (χ3v) is 2.26. The number of aldehydes is 1. The van der Waals surface area contributed by atoms with Crippen LogP contribution >= 0.6 is 15.9 Å². The van der Waals surface area contributed by atoms with Crippen molar-refractivity contribution in [1.29, 1.82) is 0 Å². The molecule has 58 valence electrons. The molecule has 0 aliphatic rings. The molecule has 0 radical (unpaired) electrons. The topological polar surface area (TPSA) is 17.1 Å². The van der Waals surface area contributed by atoms with Gasteiger partial charge in [0, 0.05) is 11.2 Å². The third kappa shape index (κ3) is 2.15. The molecule has 0 spiro atoms. The van der Waals surface area contributed by atoms with Crippen LogP contribution < -0.4 is 0 Å². The molecular weight excluding hydrogens is 204 g/mol. The van der Waals surface area contributed by atoms with Gasteiger partial charge in [0.2, 0.25) is 0 Å². The van der Waals surface area contributed by atoms with Crippen molar-refractivity contribution in [3.8, 4) is 0 Å². The minimum Gasteiger partial charge on any atom is -0.303 e. The number of alkyl halides is 1. The fraction of sp³-hybridized carbons (Fsp3) is 0.222. The van der Waals surface area contributed by atoms with E-state index in [0.717, 1.165) is 11.8 Å². The first-order valence-electron chi connectivity index (χ1n) is 3.44. The van der Waals surface area contributed by atoms with Crippen LogP contribution in [0.3, 0.4) is 0 Å². The summed E-state index contributed by atoms with van der Waals surface area (Å²) in [5, 5.41) is 0.695. The summed E-state index contributed by atoms with van der Waals surface area (Å²) in [6.07, 6.45) is 0.962. The highest BCUT2D eigenvalue weighted by Gasteiger charge is 2.06. The van der Waals surface area contributed by atoms with Gasteiger partial charge >= 0.3 is 0 Å². The zero-order chi connectivity index (χ0) is 8.10. The predicted molar refractivity (Wildman–Crippen MR) is 49.0 cm³/mol. The van der Waals surface area contributed by atoms with E-state index in [1.165, 1.54) is 0 Å². The molecule has 0 aliphatic carbocycles. The number of hydrogen-bond donors (Lipinski definition) is 0. The molecule has 2 heteroatoms. The Kier molecular flexibility index (Phi) is 3.30. The van der Waals surface area contributed by atoms with Gasteiger partial charge in [-0.25, -0.2) is 0 Å². The van der Waals surface area contributed by atoms with Gasteiger partial charge in [-0.15, -0.1) is 0 Å². The van der Waals surface area contributed by atoms with E-state index in [1.54, 1.807) is 0 Å². The largest absolute Gasteiger partial charge is 0.303 e. The monoisotopic (exact) mass is 212 g/mol. The van der Waals surface area contributed by atoms with E-state index in [4.69, 9.17) is 0 Å². The molecule has 0 heterocycles. The fourth-order valence-corrected chi connectivity index (χ4v) is 1.43. The number of rotatable bonds is 3. The Morgan fingerprint density at radius 1 is 1.36 bits per heavy atom. The summed E-state index contributed by atoms with van der Waals surface area (Å²) in [6, 6.07) is 9.74. The van der Waals surface area contributed by atoms with Crippen molar-refractivity contribution in [1.82, 2.24) is 0 Å². The maximum absolute atomic E-state index is 10.5. The Hall–Kier alpha value is -0.630. The normalized spacial score (nSPS) is 12.5. The SMILES string of the molecule is O=CC(CBr)c1ccccc1. The van der Waals surface area contributed by atoms with E-state index in [9.17, 15) is 4.79 Å². The molecule has 1 nitrogen and oxygen atoms in total. The van der Waals surface area contributed by atoms with Gasteiger partial charge in [-0.2, -0.15) is 0 Å². The van der Waals surface area contributed by atoms with Crippen molar-refractivity contribution >= 4 is 22.2 Å². The van der Waals surface area contributed by atoms with Crippen LogP contribution in [0.2, 0.25) is 0 Å². The first-order valence-corrected chi connectivity index (χ1v) is 4.57. The maximum atomic E-state index is 10.5. The molecular formula is C9H9BrO. The first kappa shape index (κ1) is 8.47.